The molecule has 0 radical (unpaired) electrons. The SMILES string of the molecule is C=C=CC=CC=COc1cc(C=O)ccc1OC. The summed E-state index contributed by atoms with van der Waals surface area (Å²) in [5.74, 6) is 1.06. The normalized spacial score (nSPS) is 10.3. The first kappa shape index (κ1) is 13.6. The molecular weight excluding hydrogens is 228 g/mol. The predicted molar refractivity (Wildman–Crippen MR) is 71.0 cm³/mol. The lowest BCUT2D eigenvalue weighted by atomic mass is 10.2. The van der Waals surface area contributed by atoms with E-state index in [9.17, 15) is 4.79 Å². The number of rotatable bonds is 6. The Kier molecular flexibility index (Phi) is 5.81. The molecular formula is C15H14O3. The molecule has 0 bridgehead atoms. The molecule has 1 aromatic carbocycles. The van der Waals surface area contributed by atoms with Crippen molar-refractivity contribution in [2.45, 2.75) is 0 Å². The van der Waals surface area contributed by atoms with Gasteiger partial charge in [0.25, 0.3) is 0 Å². The number of benzene rings is 1. The number of carbonyl (C=O) groups excluding carboxylic acids is 1. The van der Waals surface area contributed by atoms with E-state index in [-0.39, 0.29) is 0 Å². The summed E-state index contributed by atoms with van der Waals surface area (Å²) in [5, 5.41) is 0. The molecule has 0 atom stereocenters. The molecule has 0 aromatic heterocycles. The van der Waals surface area contributed by atoms with Crippen molar-refractivity contribution in [3.05, 3.63) is 66.6 Å². The van der Waals surface area contributed by atoms with Gasteiger partial charge in [0.15, 0.2) is 11.5 Å². The van der Waals surface area contributed by atoms with Crippen molar-refractivity contribution < 1.29 is 14.3 Å². The third-order valence-electron chi connectivity index (χ3n) is 2.03. The van der Waals surface area contributed by atoms with Crippen LogP contribution in [0, 0.1) is 0 Å². The summed E-state index contributed by atoms with van der Waals surface area (Å²) in [6.45, 7) is 3.43. The second-order valence-electron chi connectivity index (χ2n) is 3.23. The van der Waals surface area contributed by atoms with E-state index < -0.39 is 0 Å². The van der Waals surface area contributed by atoms with Gasteiger partial charge in [-0.25, -0.2) is 0 Å². The molecule has 3 heteroatoms. The van der Waals surface area contributed by atoms with Crippen LogP contribution < -0.4 is 9.47 Å². The largest absolute Gasteiger partial charge is 0.493 e. The second kappa shape index (κ2) is 7.71. The summed E-state index contributed by atoms with van der Waals surface area (Å²) >= 11 is 0. The molecule has 0 unspecified atom stereocenters. The first-order valence-electron chi connectivity index (χ1n) is 5.29. The van der Waals surface area contributed by atoms with E-state index in [1.54, 1.807) is 49.6 Å². The average Bonchev–Trinajstić information content (AvgIpc) is 2.42. The Bertz CT molecular complexity index is 506. The minimum Gasteiger partial charge on any atom is -0.493 e. The summed E-state index contributed by atoms with van der Waals surface area (Å²) in [4.78, 5) is 10.7. The van der Waals surface area contributed by atoms with Crippen LogP contribution in [0.25, 0.3) is 0 Å². The van der Waals surface area contributed by atoms with E-state index in [1.807, 2.05) is 0 Å². The molecule has 0 amide bonds. The van der Waals surface area contributed by atoms with Crippen LogP contribution >= 0.6 is 0 Å². The van der Waals surface area contributed by atoms with Gasteiger partial charge in [0, 0.05) is 5.56 Å². The molecule has 3 nitrogen and oxygen atoms in total. The van der Waals surface area contributed by atoms with Gasteiger partial charge in [-0.3, -0.25) is 4.79 Å². The number of hydrogen-bond donors (Lipinski definition) is 0. The van der Waals surface area contributed by atoms with E-state index in [1.165, 1.54) is 6.26 Å². The van der Waals surface area contributed by atoms with E-state index in [2.05, 4.69) is 12.3 Å². The molecule has 1 rings (SSSR count). The Morgan fingerprint density at radius 1 is 1.22 bits per heavy atom. The molecule has 0 saturated carbocycles. The highest BCUT2D eigenvalue weighted by Crippen LogP contribution is 2.27. The maximum Gasteiger partial charge on any atom is 0.169 e. The first-order chi connectivity index (χ1) is 8.81. The highest BCUT2D eigenvalue weighted by molar-refractivity contribution is 5.76. The molecule has 18 heavy (non-hydrogen) atoms. The van der Waals surface area contributed by atoms with Gasteiger partial charge in [-0.05, 0) is 30.4 Å². The molecule has 0 heterocycles. The zero-order valence-corrected chi connectivity index (χ0v) is 10.1. The number of allylic oxidation sites excluding steroid dienone is 4. The minimum atomic E-state index is 0.492. The Labute approximate surface area is 106 Å². The lowest BCUT2D eigenvalue weighted by Gasteiger charge is -2.07. The molecule has 0 N–H and O–H groups in total. The molecule has 0 aliphatic heterocycles. The van der Waals surface area contributed by atoms with Gasteiger partial charge in [-0.15, -0.1) is 5.73 Å². The Balaban J connectivity index is 2.76. The van der Waals surface area contributed by atoms with Crippen molar-refractivity contribution >= 4 is 6.29 Å². The van der Waals surface area contributed by atoms with Crippen molar-refractivity contribution in [3.8, 4) is 11.5 Å². The molecule has 0 aliphatic rings. The predicted octanol–water partition coefficient (Wildman–Crippen LogP) is 3.30. The zero-order chi connectivity index (χ0) is 13.2. The standard InChI is InChI=1S/C15H14O3/c1-3-4-5-6-7-10-18-15-11-13(12-16)8-9-14(15)17-2/h4-12H,1H2,2H3. The zero-order valence-electron chi connectivity index (χ0n) is 10.1. The third-order valence-corrected chi connectivity index (χ3v) is 2.03. The van der Waals surface area contributed by atoms with Crippen LogP contribution in [-0.4, -0.2) is 13.4 Å². The van der Waals surface area contributed by atoms with E-state index >= 15 is 0 Å². The minimum absolute atomic E-state index is 0.492. The van der Waals surface area contributed by atoms with Crippen LogP contribution in [0.15, 0.2) is 61.1 Å². The molecule has 0 spiro atoms. The maximum atomic E-state index is 10.7. The van der Waals surface area contributed by atoms with Gasteiger partial charge >= 0.3 is 0 Å². The molecule has 1 aromatic rings. The highest BCUT2D eigenvalue weighted by atomic mass is 16.5. The summed E-state index contributed by atoms with van der Waals surface area (Å²) < 4.78 is 10.5. The van der Waals surface area contributed by atoms with Crippen molar-refractivity contribution in [2.75, 3.05) is 7.11 Å². The maximum absolute atomic E-state index is 10.7. The van der Waals surface area contributed by atoms with Gasteiger partial charge in [0.05, 0.1) is 13.4 Å². The summed E-state index contributed by atoms with van der Waals surface area (Å²) in [7, 11) is 1.54. The monoisotopic (exact) mass is 242 g/mol. The second-order valence-corrected chi connectivity index (χ2v) is 3.23. The number of aldehydes is 1. The molecule has 0 fully saturated rings. The summed E-state index contributed by atoms with van der Waals surface area (Å²) in [6, 6.07) is 4.96. The van der Waals surface area contributed by atoms with E-state index in [4.69, 9.17) is 9.47 Å². The van der Waals surface area contributed by atoms with Crippen molar-refractivity contribution in [1.82, 2.24) is 0 Å². The van der Waals surface area contributed by atoms with Crippen LogP contribution in [0.5, 0.6) is 11.5 Å². The van der Waals surface area contributed by atoms with Crippen molar-refractivity contribution in [2.24, 2.45) is 0 Å². The van der Waals surface area contributed by atoms with Gasteiger partial charge in [0.2, 0.25) is 0 Å². The number of carbonyl (C=O) groups is 1. The Hall–Kier alpha value is -2.51. The number of hydrogen-bond acceptors (Lipinski definition) is 3. The number of ether oxygens (including phenoxy) is 2. The van der Waals surface area contributed by atoms with Crippen molar-refractivity contribution in [1.29, 1.82) is 0 Å². The van der Waals surface area contributed by atoms with E-state index in [0.29, 0.717) is 17.1 Å². The quantitative estimate of drug-likeness (QED) is 0.332. The molecule has 0 aliphatic carbocycles. The third kappa shape index (κ3) is 4.16. The van der Waals surface area contributed by atoms with Gasteiger partial charge < -0.3 is 9.47 Å². The first-order valence-corrected chi connectivity index (χ1v) is 5.29. The summed E-state index contributed by atoms with van der Waals surface area (Å²) in [5.41, 5.74) is 3.15. The van der Waals surface area contributed by atoms with Crippen LogP contribution in [0.3, 0.4) is 0 Å². The van der Waals surface area contributed by atoms with Crippen LogP contribution in [0.2, 0.25) is 0 Å². The Morgan fingerprint density at radius 2 is 2.06 bits per heavy atom. The average molecular weight is 242 g/mol. The Morgan fingerprint density at radius 3 is 2.72 bits per heavy atom. The van der Waals surface area contributed by atoms with E-state index in [0.717, 1.165) is 6.29 Å². The van der Waals surface area contributed by atoms with Crippen LogP contribution in [0.4, 0.5) is 0 Å². The van der Waals surface area contributed by atoms with Gasteiger partial charge in [-0.1, -0.05) is 18.7 Å². The van der Waals surface area contributed by atoms with Crippen molar-refractivity contribution in [3.63, 3.8) is 0 Å². The fraction of sp³-hybridized carbons (Fsp3) is 0.0667. The van der Waals surface area contributed by atoms with Crippen LogP contribution in [0.1, 0.15) is 10.4 Å². The van der Waals surface area contributed by atoms with Gasteiger partial charge in [0.1, 0.15) is 6.29 Å². The highest BCUT2D eigenvalue weighted by Gasteiger charge is 2.03. The lowest BCUT2D eigenvalue weighted by Crippen LogP contribution is -1.91. The fourth-order valence-corrected chi connectivity index (χ4v) is 1.20. The lowest BCUT2D eigenvalue weighted by molar-refractivity contribution is 0.112. The number of methoxy groups -OCH3 is 1. The summed E-state index contributed by atoms with van der Waals surface area (Å²) in [6.07, 6.45) is 9.18. The smallest absolute Gasteiger partial charge is 0.169 e. The molecule has 0 saturated heterocycles. The topological polar surface area (TPSA) is 35.5 Å². The molecule has 92 valence electrons. The van der Waals surface area contributed by atoms with Gasteiger partial charge in [-0.2, -0.15) is 0 Å². The fourth-order valence-electron chi connectivity index (χ4n) is 1.20. The van der Waals surface area contributed by atoms with Crippen LogP contribution in [-0.2, 0) is 0 Å².